The van der Waals surface area contributed by atoms with Crippen molar-refractivity contribution >= 4 is 11.8 Å². The van der Waals surface area contributed by atoms with E-state index in [2.05, 4.69) is 11.7 Å². The standard InChI is InChI=1S/C13H25NO3/c1-5-7-8-9-12(15)11(14(3)6-2)10-13(16)17-4/h11H,5-10H2,1-4H3. The quantitative estimate of drug-likeness (QED) is 0.459. The van der Waals surface area contributed by atoms with Gasteiger partial charge in [-0.25, -0.2) is 0 Å². The highest BCUT2D eigenvalue weighted by molar-refractivity contribution is 5.88. The molecule has 0 aliphatic heterocycles. The lowest BCUT2D eigenvalue weighted by atomic mass is 10.0. The van der Waals surface area contributed by atoms with Gasteiger partial charge in [0.2, 0.25) is 0 Å². The van der Waals surface area contributed by atoms with Crippen LogP contribution in [-0.2, 0) is 14.3 Å². The molecule has 4 nitrogen and oxygen atoms in total. The van der Waals surface area contributed by atoms with E-state index in [9.17, 15) is 9.59 Å². The fraction of sp³-hybridized carbons (Fsp3) is 0.846. The zero-order valence-corrected chi connectivity index (χ0v) is 11.5. The first kappa shape index (κ1) is 16.1. The summed E-state index contributed by atoms with van der Waals surface area (Å²) in [4.78, 5) is 25.2. The van der Waals surface area contributed by atoms with Crippen LogP contribution in [0.15, 0.2) is 0 Å². The average molecular weight is 243 g/mol. The maximum atomic E-state index is 12.0. The Morgan fingerprint density at radius 3 is 2.35 bits per heavy atom. The molecule has 0 saturated carbocycles. The van der Waals surface area contributed by atoms with Gasteiger partial charge >= 0.3 is 5.97 Å². The van der Waals surface area contributed by atoms with E-state index in [1.807, 2.05) is 18.9 Å². The number of nitrogens with zero attached hydrogens (tertiary/aromatic N) is 1. The topological polar surface area (TPSA) is 46.6 Å². The predicted molar refractivity (Wildman–Crippen MR) is 67.9 cm³/mol. The Balaban J connectivity index is 4.35. The number of ether oxygens (including phenoxy) is 1. The average Bonchev–Trinajstić information content (AvgIpc) is 2.34. The molecule has 1 atom stereocenters. The van der Waals surface area contributed by atoms with Crippen LogP contribution in [0.25, 0.3) is 0 Å². The molecule has 4 heteroatoms. The van der Waals surface area contributed by atoms with Crippen molar-refractivity contribution in [2.75, 3.05) is 20.7 Å². The minimum atomic E-state index is -0.329. The number of likely N-dealkylation sites (N-methyl/N-ethyl adjacent to an activating group) is 1. The number of esters is 1. The number of hydrogen-bond acceptors (Lipinski definition) is 4. The summed E-state index contributed by atoms with van der Waals surface area (Å²) >= 11 is 0. The maximum Gasteiger partial charge on any atom is 0.307 e. The summed E-state index contributed by atoms with van der Waals surface area (Å²) in [6.07, 6.45) is 3.78. The molecule has 1 unspecified atom stereocenters. The molecule has 0 bridgehead atoms. The molecule has 17 heavy (non-hydrogen) atoms. The van der Waals surface area contributed by atoms with Crippen LogP contribution in [-0.4, -0.2) is 43.4 Å². The molecule has 0 radical (unpaired) electrons. The van der Waals surface area contributed by atoms with Crippen molar-refractivity contribution in [2.45, 2.75) is 52.0 Å². The van der Waals surface area contributed by atoms with E-state index < -0.39 is 0 Å². The Hall–Kier alpha value is -0.900. The summed E-state index contributed by atoms with van der Waals surface area (Å²) in [6.45, 7) is 4.83. The second-order valence-corrected chi connectivity index (χ2v) is 4.29. The van der Waals surface area contributed by atoms with Gasteiger partial charge in [-0.2, -0.15) is 0 Å². The fourth-order valence-corrected chi connectivity index (χ4v) is 1.69. The number of ketones is 1. The first-order valence-electron chi connectivity index (χ1n) is 6.36. The smallest absolute Gasteiger partial charge is 0.307 e. The third kappa shape index (κ3) is 6.41. The van der Waals surface area contributed by atoms with Gasteiger partial charge in [0, 0.05) is 6.42 Å². The number of methoxy groups -OCH3 is 1. The highest BCUT2D eigenvalue weighted by atomic mass is 16.5. The van der Waals surface area contributed by atoms with Gasteiger partial charge < -0.3 is 4.74 Å². The molecule has 100 valence electrons. The van der Waals surface area contributed by atoms with Gasteiger partial charge in [0.05, 0.1) is 19.6 Å². The Kier molecular flexibility index (Phi) is 8.68. The lowest BCUT2D eigenvalue weighted by Crippen LogP contribution is -2.40. The first-order valence-corrected chi connectivity index (χ1v) is 6.36. The number of Topliss-reactive ketones (excluding diaryl/α,β-unsaturated/α-hetero) is 1. The molecular weight excluding hydrogens is 218 g/mol. The van der Waals surface area contributed by atoms with Gasteiger partial charge in [-0.05, 0) is 20.0 Å². The molecule has 0 aliphatic carbocycles. The molecule has 0 amide bonds. The van der Waals surface area contributed by atoms with Crippen molar-refractivity contribution < 1.29 is 14.3 Å². The van der Waals surface area contributed by atoms with Crippen LogP contribution in [0.3, 0.4) is 0 Å². The monoisotopic (exact) mass is 243 g/mol. The Labute approximate surface area is 104 Å². The largest absolute Gasteiger partial charge is 0.469 e. The SMILES string of the molecule is CCCCCC(=O)C(CC(=O)OC)N(C)CC. The summed E-state index contributed by atoms with van der Waals surface area (Å²) in [7, 11) is 3.22. The van der Waals surface area contributed by atoms with E-state index in [0.717, 1.165) is 25.8 Å². The molecule has 0 aliphatic rings. The van der Waals surface area contributed by atoms with Crippen LogP contribution in [0.4, 0.5) is 0 Å². The van der Waals surface area contributed by atoms with Crippen molar-refractivity contribution in [3.05, 3.63) is 0 Å². The lowest BCUT2D eigenvalue weighted by Gasteiger charge is -2.24. The molecule has 0 fully saturated rings. The first-order chi connectivity index (χ1) is 8.06. The van der Waals surface area contributed by atoms with Gasteiger partial charge in [-0.1, -0.05) is 26.7 Å². The summed E-state index contributed by atoms with van der Waals surface area (Å²) in [5.74, 6) is -0.174. The van der Waals surface area contributed by atoms with Gasteiger partial charge in [0.25, 0.3) is 0 Å². The molecule has 0 heterocycles. The minimum Gasteiger partial charge on any atom is -0.469 e. The second-order valence-electron chi connectivity index (χ2n) is 4.29. The molecular formula is C13H25NO3. The third-order valence-corrected chi connectivity index (χ3v) is 3.02. The minimum absolute atomic E-state index is 0.146. The van der Waals surface area contributed by atoms with Gasteiger partial charge in [0.15, 0.2) is 5.78 Å². The Bertz CT molecular complexity index is 241. The highest BCUT2D eigenvalue weighted by Gasteiger charge is 2.24. The number of unbranched alkanes of at least 4 members (excludes halogenated alkanes) is 2. The van der Waals surface area contributed by atoms with E-state index in [4.69, 9.17) is 0 Å². The van der Waals surface area contributed by atoms with Crippen LogP contribution in [0.2, 0.25) is 0 Å². The van der Waals surface area contributed by atoms with Crippen molar-refractivity contribution in [3.63, 3.8) is 0 Å². The van der Waals surface area contributed by atoms with Crippen molar-refractivity contribution in [1.82, 2.24) is 4.90 Å². The number of carbonyl (C=O) groups excluding carboxylic acids is 2. The summed E-state index contributed by atoms with van der Waals surface area (Å²) in [5, 5.41) is 0. The van der Waals surface area contributed by atoms with Gasteiger partial charge in [0.1, 0.15) is 0 Å². The number of hydrogen-bond donors (Lipinski definition) is 0. The van der Waals surface area contributed by atoms with E-state index in [-0.39, 0.29) is 24.2 Å². The lowest BCUT2D eigenvalue weighted by molar-refractivity contribution is -0.144. The van der Waals surface area contributed by atoms with Crippen molar-refractivity contribution in [1.29, 1.82) is 0 Å². The summed E-state index contributed by atoms with van der Waals surface area (Å²) < 4.78 is 4.63. The molecule has 0 aromatic heterocycles. The van der Waals surface area contributed by atoms with Crippen LogP contribution in [0, 0.1) is 0 Å². The van der Waals surface area contributed by atoms with Crippen LogP contribution in [0.1, 0.15) is 46.0 Å². The molecule has 0 N–H and O–H groups in total. The third-order valence-electron chi connectivity index (χ3n) is 3.02. The van der Waals surface area contributed by atoms with E-state index in [0.29, 0.717) is 6.42 Å². The van der Waals surface area contributed by atoms with E-state index in [1.54, 1.807) is 0 Å². The van der Waals surface area contributed by atoms with E-state index >= 15 is 0 Å². The number of rotatable bonds is 9. The fourth-order valence-electron chi connectivity index (χ4n) is 1.69. The zero-order valence-electron chi connectivity index (χ0n) is 11.5. The van der Waals surface area contributed by atoms with Crippen molar-refractivity contribution in [3.8, 4) is 0 Å². The predicted octanol–water partition coefficient (Wildman–Crippen LogP) is 2.02. The molecule has 0 rings (SSSR count). The zero-order chi connectivity index (χ0) is 13.3. The van der Waals surface area contributed by atoms with Gasteiger partial charge in [-0.3, -0.25) is 14.5 Å². The maximum absolute atomic E-state index is 12.0. The molecule has 0 spiro atoms. The molecule has 0 saturated heterocycles. The normalized spacial score (nSPS) is 12.5. The summed E-state index contributed by atoms with van der Waals surface area (Å²) in [5.41, 5.74) is 0. The van der Waals surface area contributed by atoms with E-state index in [1.165, 1.54) is 7.11 Å². The second kappa shape index (κ2) is 9.16. The van der Waals surface area contributed by atoms with Gasteiger partial charge in [-0.15, -0.1) is 0 Å². The van der Waals surface area contributed by atoms with Crippen LogP contribution in [0.5, 0.6) is 0 Å². The van der Waals surface area contributed by atoms with Crippen LogP contribution < -0.4 is 0 Å². The Morgan fingerprint density at radius 1 is 1.24 bits per heavy atom. The van der Waals surface area contributed by atoms with Crippen molar-refractivity contribution in [2.24, 2.45) is 0 Å². The summed E-state index contributed by atoms with van der Waals surface area (Å²) in [6, 6.07) is -0.329. The Morgan fingerprint density at radius 2 is 1.88 bits per heavy atom. The molecule has 0 aromatic carbocycles. The highest BCUT2D eigenvalue weighted by Crippen LogP contribution is 2.10. The number of carbonyl (C=O) groups is 2. The van der Waals surface area contributed by atoms with Crippen LogP contribution >= 0.6 is 0 Å². The molecule has 0 aromatic rings.